The maximum absolute atomic E-state index is 12.5. The van der Waals surface area contributed by atoms with E-state index in [4.69, 9.17) is 5.26 Å². The number of hydrogen-bond acceptors (Lipinski definition) is 3. The van der Waals surface area contributed by atoms with E-state index in [-0.39, 0.29) is 5.69 Å². The summed E-state index contributed by atoms with van der Waals surface area (Å²) < 4.78 is 37.6. The number of thioether (sulfide) groups is 1. The van der Waals surface area contributed by atoms with Crippen LogP contribution < -0.4 is 0 Å². The van der Waals surface area contributed by atoms with Gasteiger partial charge in [-0.15, -0.1) is 11.8 Å². The van der Waals surface area contributed by atoms with Crippen molar-refractivity contribution in [3.05, 3.63) is 29.3 Å². The standard InChI is InChI=1S/C10H7F3N2S/c1-16-6-15-8-3-2-7(5-14)9(4-8)10(11,12)13/h2-4,6H,1H3. The van der Waals surface area contributed by atoms with Gasteiger partial charge in [0.05, 0.1) is 28.4 Å². The Morgan fingerprint density at radius 2 is 2.12 bits per heavy atom. The van der Waals surface area contributed by atoms with Gasteiger partial charge in [0.1, 0.15) is 0 Å². The molecule has 0 saturated carbocycles. The van der Waals surface area contributed by atoms with Crippen molar-refractivity contribution in [2.45, 2.75) is 6.18 Å². The van der Waals surface area contributed by atoms with Crippen LogP contribution in [0, 0.1) is 11.3 Å². The lowest BCUT2D eigenvalue weighted by Crippen LogP contribution is -2.07. The highest BCUT2D eigenvalue weighted by atomic mass is 32.2. The number of rotatable bonds is 2. The van der Waals surface area contributed by atoms with Crippen molar-refractivity contribution in [1.82, 2.24) is 0 Å². The molecule has 0 amide bonds. The molecule has 0 aliphatic heterocycles. The zero-order chi connectivity index (χ0) is 12.2. The smallest absolute Gasteiger partial charge is 0.250 e. The molecule has 2 nitrogen and oxygen atoms in total. The second-order valence-electron chi connectivity index (χ2n) is 2.81. The van der Waals surface area contributed by atoms with Crippen LogP contribution in [0.2, 0.25) is 0 Å². The zero-order valence-corrected chi connectivity index (χ0v) is 9.06. The summed E-state index contributed by atoms with van der Waals surface area (Å²) in [5, 5.41) is 8.56. The highest BCUT2D eigenvalue weighted by molar-refractivity contribution is 8.11. The van der Waals surface area contributed by atoms with E-state index in [1.165, 1.54) is 29.4 Å². The molecule has 0 aliphatic rings. The van der Waals surface area contributed by atoms with Gasteiger partial charge >= 0.3 is 6.18 Å². The van der Waals surface area contributed by atoms with Gasteiger partial charge in [0, 0.05) is 0 Å². The molecule has 0 N–H and O–H groups in total. The van der Waals surface area contributed by atoms with Crippen molar-refractivity contribution in [1.29, 1.82) is 5.26 Å². The third kappa shape index (κ3) is 3.00. The van der Waals surface area contributed by atoms with Crippen LogP contribution in [0.1, 0.15) is 11.1 Å². The van der Waals surface area contributed by atoms with Crippen LogP contribution in [-0.4, -0.2) is 11.8 Å². The van der Waals surface area contributed by atoms with Crippen LogP contribution >= 0.6 is 11.8 Å². The first kappa shape index (κ1) is 12.6. The minimum Gasteiger partial charge on any atom is -0.250 e. The molecule has 0 unspecified atom stereocenters. The van der Waals surface area contributed by atoms with Gasteiger partial charge in [-0.1, -0.05) is 0 Å². The van der Waals surface area contributed by atoms with Crippen LogP contribution in [0.3, 0.4) is 0 Å². The molecule has 84 valence electrons. The van der Waals surface area contributed by atoms with Gasteiger partial charge < -0.3 is 0 Å². The Balaban J connectivity index is 3.23. The van der Waals surface area contributed by atoms with Gasteiger partial charge in [-0.3, -0.25) is 4.99 Å². The molecule has 0 atom stereocenters. The lowest BCUT2D eigenvalue weighted by Gasteiger charge is -2.08. The van der Waals surface area contributed by atoms with Gasteiger partial charge in [0.25, 0.3) is 0 Å². The molecule has 0 heterocycles. The van der Waals surface area contributed by atoms with Gasteiger partial charge in [0.2, 0.25) is 0 Å². The third-order valence-electron chi connectivity index (χ3n) is 1.74. The summed E-state index contributed by atoms with van der Waals surface area (Å²) in [6.07, 6.45) is -2.78. The largest absolute Gasteiger partial charge is 0.417 e. The summed E-state index contributed by atoms with van der Waals surface area (Å²) in [6, 6.07) is 4.87. The fourth-order valence-corrected chi connectivity index (χ4v) is 1.29. The lowest BCUT2D eigenvalue weighted by atomic mass is 10.1. The topological polar surface area (TPSA) is 36.1 Å². The number of halogens is 3. The van der Waals surface area contributed by atoms with Crippen molar-refractivity contribution in [2.24, 2.45) is 4.99 Å². The SMILES string of the molecule is CSC=Nc1ccc(C#N)c(C(F)(F)F)c1. The number of nitriles is 1. The average Bonchev–Trinajstić information content (AvgIpc) is 2.24. The summed E-state index contributed by atoms with van der Waals surface area (Å²) in [7, 11) is 0. The van der Waals surface area contributed by atoms with E-state index in [0.29, 0.717) is 0 Å². The van der Waals surface area contributed by atoms with Gasteiger partial charge in [0.15, 0.2) is 0 Å². The van der Waals surface area contributed by atoms with Gasteiger partial charge in [-0.2, -0.15) is 18.4 Å². The average molecular weight is 244 g/mol. The van der Waals surface area contributed by atoms with E-state index in [1.807, 2.05) is 0 Å². The predicted molar refractivity (Wildman–Crippen MR) is 57.8 cm³/mol. The highest BCUT2D eigenvalue weighted by Crippen LogP contribution is 2.34. The first-order chi connectivity index (χ1) is 7.49. The Morgan fingerprint density at radius 1 is 1.44 bits per heavy atom. The molecule has 16 heavy (non-hydrogen) atoms. The maximum atomic E-state index is 12.5. The van der Waals surface area contributed by atoms with E-state index in [1.54, 1.807) is 6.26 Å². The molecule has 0 aromatic heterocycles. The molecule has 1 aromatic rings. The lowest BCUT2D eigenvalue weighted by molar-refractivity contribution is -0.137. The Bertz CT molecular complexity index is 446. The van der Waals surface area contributed by atoms with E-state index in [2.05, 4.69) is 4.99 Å². The molecule has 0 bridgehead atoms. The molecule has 0 spiro atoms. The number of benzene rings is 1. The number of nitrogens with zero attached hydrogens (tertiary/aromatic N) is 2. The van der Waals surface area contributed by atoms with Crippen molar-refractivity contribution in [3.8, 4) is 6.07 Å². The Hall–Kier alpha value is -1.48. The number of aliphatic imine (C=N–C) groups is 1. The van der Waals surface area contributed by atoms with Crippen LogP contribution in [-0.2, 0) is 6.18 Å². The molecule has 0 radical (unpaired) electrons. The summed E-state index contributed by atoms with van der Waals surface area (Å²) in [6.45, 7) is 0. The summed E-state index contributed by atoms with van der Waals surface area (Å²) >= 11 is 1.28. The summed E-state index contributed by atoms with van der Waals surface area (Å²) in [5.41, 5.74) is 0.267. The third-order valence-corrected chi connectivity index (χ3v) is 2.05. The molecular weight excluding hydrogens is 237 g/mol. The summed E-state index contributed by atoms with van der Waals surface area (Å²) in [4.78, 5) is 3.80. The second kappa shape index (κ2) is 5.03. The minimum absolute atomic E-state index is 0.181. The number of alkyl halides is 3. The van der Waals surface area contributed by atoms with Crippen LogP contribution in [0.15, 0.2) is 23.2 Å². The molecule has 0 fully saturated rings. The van der Waals surface area contributed by atoms with E-state index >= 15 is 0 Å². The molecular formula is C10H7F3N2S. The first-order valence-electron chi connectivity index (χ1n) is 4.15. The van der Waals surface area contributed by atoms with Crippen LogP contribution in [0.25, 0.3) is 0 Å². The Labute approximate surface area is 94.8 Å². The molecule has 0 aliphatic carbocycles. The van der Waals surface area contributed by atoms with Crippen molar-refractivity contribution >= 4 is 23.0 Å². The monoisotopic (exact) mass is 244 g/mol. The minimum atomic E-state index is -4.53. The van der Waals surface area contributed by atoms with Crippen LogP contribution in [0.4, 0.5) is 18.9 Å². The quantitative estimate of drug-likeness (QED) is 0.588. The molecule has 6 heteroatoms. The van der Waals surface area contributed by atoms with Gasteiger partial charge in [-0.25, -0.2) is 0 Å². The van der Waals surface area contributed by atoms with E-state index in [0.717, 1.165) is 12.1 Å². The molecule has 0 saturated heterocycles. The molecule has 1 rings (SSSR count). The Kier molecular flexibility index (Phi) is 3.96. The first-order valence-corrected chi connectivity index (χ1v) is 5.44. The summed E-state index contributed by atoms with van der Waals surface area (Å²) in [5.74, 6) is 0. The normalized spacial score (nSPS) is 11.7. The van der Waals surface area contributed by atoms with Crippen molar-refractivity contribution in [3.63, 3.8) is 0 Å². The van der Waals surface area contributed by atoms with Crippen LogP contribution in [0.5, 0.6) is 0 Å². The zero-order valence-electron chi connectivity index (χ0n) is 8.25. The number of hydrogen-bond donors (Lipinski definition) is 0. The van der Waals surface area contributed by atoms with Crippen molar-refractivity contribution < 1.29 is 13.2 Å². The fourth-order valence-electron chi connectivity index (χ4n) is 1.06. The maximum Gasteiger partial charge on any atom is 0.417 e. The Morgan fingerprint density at radius 3 is 2.62 bits per heavy atom. The highest BCUT2D eigenvalue weighted by Gasteiger charge is 2.33. The van der Waals surface area contributed by atoms with E-state index < -0.39 is 17.3 Å². The van der Waals surface area contributed by atoms with E-state index in [9.17, 15) is 13.2 Å². The van der Waals surface area contributed by atoms with Crippen molar-refractivity contribution in [2.75, 3.05) is 6.26 Å². The second-order valence-corrected chi connectivity index (χ2v) is 3.49. The fraction of sp³-hybridized carbons (Fsp3) is 0.200. The van der Waals surface area contributed by atoms with Gasteiger partial charge in [-0.05, 0) is 24.5 Å². The predicted octanol–water partition coefficient (Wildman–Crippen LogP) is 3.60. The molecule has 1 aromatic carbocycles.